The molecule has 0 unspecified atom stereocenters. The van der Waals surface area contributed by atoms with Gasteiger partial charge in [-0.3, -0.25) is 0 Å². The van der Waals surface area contributed by atoms with E-state index in [0.29, 0.717) is 5.56 Å². The van der Waals surface area contributed by atoms with Crippen molar-refractivity contribution < 1.29 is 0 Å². The maximum Gasteiger partial charge on any atom is 0.159 e. The predicted molar refractivity (Wildman–Crippen MR) is 77.2 cm³/mol. The van der Waals surface area contributed by atoms with E-state index < -0.39 is 0 Å². The second kappa shape index (κ2) is 4.37. The van der Waals surface area contributed by atoms with Gasteiger partial charge in [0.15, 0.2) is 3.95 Å². The van der Waals surface area contributed by atoms with Gasteiger partial charge in [-0.25, -0.2) is 0 Å². The molecule has 86 valence electrons. The first-order valence-electron chi connectivity index (χ1n) is 5.40. The monoisotopic (exact) mass is 268 g/mol. The summed E-state index contributed by atoms with van der Waals surface area (Å²) in [6, 6.07) is 15.8. The zero-order valence-corrected chi connectivity index (χ0v) is 10.9. The summed E-state index contributed by atoms with van der Waals surface area (Å²) in [4.78, 5) is 3.17. The summed E-state index contributed by atoms with van der Waals surface area (Å²) in [5.74, 6) is 0. The largest absolute Gasteiger partial charge is 0.337 e. The third kappa shape index (κ3) is 1.84. The van der Waals surface area contributed by atoms with Crippen molar-refractivity contribution in [2.45, 2.75) is 0 Å². The van der Waals surface area contributed by atoms with Gasteiger partial charge < -0.3 is 4.98 Å². The van der Waals surface area contributed by atoms with Gasteiger partial charge in [0.2, 0.25) is 0 Å². The van der Waals surface area contributed by atoms with Crippen molar-refractivity contribution in [3.63, 3.8) is 0 Å². The lowest BCUT2D eigenvalue weighted by molar-refractivity contribution is 1.47. The second-order valence-corrected chi connectivity index (χ2v) is 5.58. The number of nitrogens with zero attached hydrogens (tertiary/aromatic N) is 1. The zero-order valence-electron chi connectivity index (χ0n) is 9.31. The van der Waals surface area contributed by atoms with Crippen LogP contribution in [0.5, 0.6) is 0 Å². The number of hydrogen-bond donors (Lipinski definition) is 1. The van der Waals surface area contributed by atoms with Crippen molar-refractivity contribution in [3.05, 3.63) is 52.0 Å². The molecule has 0 radical (unpaired) electrons. The molecule has 4 heteroatoms. The number of rotatable bonds is 1. The van der Waals surface area contributed by atoms with E-state index in [9.17, 15) is 0 Å². The van der Waals surface area contributed by atoms with Crippen LogP contribution in [0.4, 0.5) is 0 Å². The quantitative estimate of drug-likeness (QED) is 0.660. The molecular formula is C14H8N2S2. The summed E-state index contributed by atoms with van der Waals surface area (Å²) in [7, 11) is 0. The lowest BCUT2D eigenvalue weighted by atomic mass is 10.0. The third-order valence-electron chi connectivity index (χ3n) is 2.75. The average molecular weight is 268 g/mol. The maximum atomic E-state index is 8.96. The van der Waals surface area contributed by atoms with Gasteiger partial charge in [-0.1, -0.05) is 24.3 Å². The summed E-state index contributed by atoms with van der Waals surface area (Å²) < 4.78 is 1.91. The fraction of sp³-hybridized carbons (Fsp3) is 0. The van der Waals surface area contributed by atoms with Crippen LogP contribution in [0.2, 0.25) is 0 Å². The van der Waals surface area contributed by atoms with Crippen LogP contribution in [-0.4, -0.2) is 4.98 Å². The molecule has 0 fully saturated rings. The van der Waals surface area contributed by atoms with E-state index in [4.69, 9.17) is 17.5 Å². The van der Waals surface area contributed by atoms with Crippen molar-refractivity contribution in [3.8, 4) is 17.2 Å². The molecular weight excluding hydrogens is 260 g/mol. The van der Waals surface area contributed by atoms with Crippen molar-refractivity contribution in [1.82, 2.24) is 4.98 Å². The second-order valence-electron chi connectivity index (χ2n) is 3.89. The highest BCUT2D eigenvalue weighted by Crippen LogP contribution is 2.31. The molecule has 18 heavy (non-hydrogen) atoms. The average Bonchev–Trinajstić information content (AvgIpc) is 2.78. The van der Waals surface area contributed by atoms with E-state index in [1.807, 2.05) is 36.4 Å². The lowest BCUT2D eigenvalue weighted by Crippen LogP contribution is -1.80. The molecule has 1 heterocycles. The van der Waals surface area contributed by atoms with Gasteiger partial charge in [0.1, 0.15) is 0 Å². The molecule has 3 rings (SSSR count). The van der Waals surface area contributed by atoms with Gasteiger partial charge in [-0.2, -0.15) is 5.26 Å². The van der Waals surface area contributed by atoms with E-state index in [1.165, 1.54) is 0 Å². The summed E-state index contributed by atoms with van der Waals surface area (Å²) >= 11 is 6.75. The zero-order chi connectivity index (χ0) is 12.5. The van der Waals surface area contributed by atoms with Gasteiger partial charge in [-0.05, 0) is 36.0 Å². The molecule has 1 aromatic heterocycles. The van der Waals surface area contributed by atoms with Crippen LogP contribution in [0.15, 0.2) is 42.5 Å². The first kappa shape index (κ1) is 11.1. The highest BCUT2D eigenvalue weighted by molar-refractivity contribution is 7.73. The Hall–Kier alpha value is -1.96. The van der Waals surface area contributed by atoms with Crippen LogP contribution >= 0.6 is 23.6 Å². The number of aromatic amines is 1. The van der Waals surface area contributed by atoms with E-state index in [-0.39, 0.29) is 0 Å². The third-order valence-corrected chi connectivity index (χ3v) is 4.03. The van der Waals surface area contributed by atoms with Crippen LogP contribution in [0.3, 0.4) is 0 Å². The van der Waals surface area contributed by atoms with Crippen molar-refractivity contribution >= 4 is 33.8 Å². The molecule has 2 nitrogen and oxygen atoms in total. The first-order valence-corrected chi connectivity index (χ1v) is 6.63. The summed E-state index contributed by atoms with van der Waals surface area (Å²) in [6.07, 6.45) is 0. The SMILES string of the molecule is N#Cc1cccc(-c2cccc3[nH]c(=S)sc23)c1. The molecule has 0 bridgehead atoms. The van der Waals surface area contributed by atoms with Crippen molar-refractivity contribution in [1.29, 1.82) is 5.26 Å². The Bertz CT molecular complexity index is 821. The molecule has 0 saturated carbocycles. The van der Waals surface area contributed by atoms with Crippen molar-refractivity contribution in [2.75, 3.05) is 0 Å². The molecule has 0 amide bonds. The number of benzene rings is 2. The van der Waals surface area contributed by atoms with E-state index in [2.05, 4.69) is 17.1 Å². The van der Waals surface area contributed by atoms with Gasteiger partial charge in [0.05, 0.1) is 21.8 Å². The Morgan fingerprint density at radius 3 is 2.83 bits per heavy atom. The minimum atomic E-state index is 0.670. The minimum Gasteiger partial charge on any atom is -0.337 e. The Morgan fingerprint density at radius 1 is 1.17 bits per heavy atom. The van der Waals surface area contributed by atoms with Gasteiger partial charge in [-0.15, -0.1) is 11.3 Å². The Balaban J connectivity index is 2.31. The van der Waals surface area contributed by atoms with E-state index in [1.54, 1.807) is 11.3 Å². The predicted octanol–water partition coefficient (Wildman–Crippen LogP) is 4.50. The van der Waals surface area contributed by atoms with Crippen LogP contribution in [0, 0.1) is 15.3 Å². The molecule has 0 aliphatic rings. The molecule has 3 aromatic rings. The number of aromatic nitrogens is 1. The highest BCUT2D eigenvalue weighted by atomic mass is 32.1. The van der Waals surface area contributed by atoms with Crippen LogP contribution in [0.1, 0.15) is 5.56 Å². The molecule has 0 aliphatic carbocycles. The topological polar surface area (TPSA) is 39.6 Å². The number of H-pyrrole nitrogens is 1. The van der Waals surface area contributed by atoms with Gasteiger partial charge in [0, 0.05) is 5.56 Å². The summed E-state index contributed by atoms with van der Waals surface area (Å²) in [5, 5.41) is 8.96. The minimum absolute atomic E-state index is 0.670. The molecule has 0 saturated heterocycles. The summed E-state index contributed by atoms with van der Waals surface area (Å²) in [6.45, 7) is 0. The molecule has 0 spiro atoms. The Labute approximate surface area is 113 Å². The van der Waals surface area contributed by atoms with E-state index in [0.717, 1.165) is 25.3 Å². The van der Waals surface area contributed by atoms with Crippen molar-refractivity contribution in [2.24, 2.45) is 0 Å². The molecule has 0 atom stereocenters. The van der Waals surface area contributed by atoms with Gasteiger partial charge >= 0.3 is 0 Å². The normalized spacial score (nSPS) is 10.4. The first-order chi connectivity index (χ1) is 8.78. The lowest BCUT2D eigenvalue weighted by Gasteiger charge is -2.03. The van der Waals surface area contributed by atoms with Crippen LogP contribution in [0.25, 0.3) is 21.3 Å². The van der Waals surface area contributed by atoms with Crippen LogP contribution in [-0.2, 0) is 0 Å². The number of fused-ring (bicyclic) bond motifs is 1. The standard InChI is InChI=1S/C14H8N2S2/c15-8-9-3-1-4-10(7-9)11-5-2-6-12-13(11)18-14(17)16-12/h1-7H,(H,16,17). The van der Waals surface area contributed by atoms with E-state index >= 15 is 0 Å². The van der Waals surface area contributed by atoms with Gasteiger partial charge in [0.25, 0.3) is 0 Å². The summed E-state index contributed by atoms with van der Waals surface area (Å²) in [5.41, 5.74) is 3.88. The highest BCUT2D eigenvalue weighted by Gasteiger charge is 2.06. The number of nitrogens with one attached hydrogen (secondary N) is 1. The smallest absolute Gasteiger partial charge is 0.159 e. The fourth-order valence-electron chi connectivity index (χ4n) is 1.96. The fourth-order valence-corrected chi connectivity index (χ4v) is 3.19. The number of nitriles is 1. The van der Waals surface area contributed by atoms with Crippen LogP contribution < -0.4 is 0 Å². The molecule has 0 aliphatic heterocycles. The molecule has 1 N–H and O–H groups in total. The molecule has 2 aromatic carbocycles. The Morgan fingerprint density at radius 2 is 2.00 bits per heavy atom. The number of hydrogen-bond acceptors (Lipinski definition) is 3. The Kier molecular flexibility index (Phi) is 2.71. The number of thiazole rings is 1. The maximum absolute atomic E-state index is 8.96.